The van der Waals surface area contributed by atoms with E-state index in [4.69, 9.17) is 0 Å². The molecule has 0 aliphatic heterocycles. The van der Waals surface area contributed by atoms with Gasteiger partial charge in [0.2, 0.25) is 11.7 Å². The van der Waals surface area contributed by atoms with E-state index >= 15 is 0 Å². The third kappa shape index (κ3) is 6.31. The van der Waals surface area contributed by atoms with E-state index in [0.29, 0.717) is 29.4 Å². The molecule has 7 heteroatoms. The van der Waals surface area contributed by atoms with Crippen molar-refractivity contribution < 1.29 is 9.59 Å². The molecule has 0 aliphatic carbocycles. The summed E-state index contributed by atoms with van der Waals surface area (Å²) in [7, 11) is 0. The number of aromatic nitrogens is 4. The van der Waals surface area contributed by atoms with Crippen LogP contribution in [0.4, 0.5) is 5.69 Å². The van der Waals surface area contributed by atoms with E-state index in [1.165, 1.54) is 10.4 Å². The Morgan fingerprint density at radius 3 is 2.35 bits per heavy atom. The molecule has 0 saturated heterocycles. The summed E-state index contributed by atoms with van der Waals surface area (Å²) in [4.78, 5) is 25.8. The highest BCUT2D eigenvalue weighted by molar-refractivity contribution is 5.97. The third-order valence-electron chi connectivity index (χ3n) is 5.07. The lowest BCUT2D eigenvalue weighted by molar-refractivity contribution is -0.116. The first-order chi connectivity index (χ1) is 15.0. The van der Waals surface area contributed by atoms with Crippen LogP contribution in [0.5, 0.6) is 0 Å². The van der Waals surface area contributed by atoms with Gasteiger partial charge in [0, 0.05) is 23.2 Å². The van der Waals surface area contributed by atoms with Gasteiger partial charge in [-0.05, 0) is 47.4 Å². The van der Waals surface area contributed by atoms with Gasteiger partial charge in [-0.25, -0.2) is 0 Å². The zero-order valence-corrected chi connectivity index (χ0v) is 18.3. The number of rotatable bonds is 10. The Kier molecular flexibility index (Phi) is 7.65. The Morgan fingerprint density at radius 2 is 1.71 bits per heavy atom. The smallest absolute Gasteiger partial charge is 0.224 e. The molecule has 3 rings (SSSR count). The highest BCUT2D eigenvalue weighted by Gasteiger charge is 2.12. The van der Waals surface area contributed by atoms with Crippen molar-refractivity contribution in [1.82, 2.24) is 20.2 Å². The number of hydrogen-bond acceptors (Lipinski definition) is 5. The van der Waals surface area contributed by atoms with Gasteiger partial charge in [0.1, 0.15) is 6.54 Å². The first-order valence-corrected chi connectivity index (χ1v) is 10.8. The minimum absolute atomic E-state index is 0.000197. The van der Waals surface area contributed by atoms with Gasteiger partial charge >= 0.3 is 0 Å². The summed E-state index contributed by atoms with van der Waals surface area (Å²) >= 11 is 0. The molecule has 162 valence electrons. The number of nitrogens with zero attached hydrogens (tertiary/aromatic N) is 4. The van der Waals surface area contributed by atoms with E-state index in [-0.39, 0.29) is 18.2 Å². The van der Waals surface area contributed by atoms with Gasteiger partial charge in [-0.15, -0.1) is 10.2 Å². The van der Waals surface area contributed by atoms with Crippen molar-refractivity contribution in [2.75, 3.05) is 5.32 Å². The molecule has 0 fully saturated rings. The molecule has 1 heterocycles. The monoisotopic (exact) mass is 419 g/mol. The Bertz CT molecular complexity index is 1010. The van der Waals surface area contributed by atoms with Crippen LogP contribution in [0, 0.1) is 0 Å². The van der Waals surface area contributed by atoms with E-state index in [2.05, 4.69) is 53.6 Å². The van der Waals surface area contributed by atoms with Gasteiger partial charge in [-0.3, -0.25) is 9.59 Å². The second-order valence-corrected chi connectivity index (χ2v) is 7.93. The number of Topliss-reactive ketones (excluding diaryl/α,β-unsaturated/α-hetero) is 1. The predicted molar refractivity (Wildman–Crippen MR) is 121 cm³/mol. The lowest BCUT2D eigenvalue weighted by atomic mass is 10.0. The summed E-state index contributed by atoms with van der Waals surface area (Å²) in [5.41, 5.74) is 3.32. The number of carbonyl (C=O) groups is 2. The topological polar surface area (TPSA) is 89.8 Å². The van der Waals surface area contributed by atoms with Crippen LogP contribution < -0.4 is 5.32 Å². The number of unbranched alkanes of at least 4 members (excludes halogenated alkanes) is 2. The SMILES string of the molecule is CCCCCC(=O)Nc1ccc(C(=O)Cn2nnc(-c3ccc(C(C)C)cc3)n2)cc1. The molecule has 0 atom stereocenters. The van der Waals surface area contributed by atoms with Crippen LogP contribution >= 0.6 is 0 Å². The maximum absolute atomic E-state index is 12.6. The van der Waals surface area contributed by atoms with Gasteiger partial charge in [0.05, 0.1) is 0 Å². The molecule has 1 aromatic heterocycles. The summed E-state index contributed by atoms with van der Waals surface area (Å²) in [6.07, 6.45) is 3.52. The van der Waals surface area contributed by atoms with Crippen LogP contribution in [-0.4, -0.2) is 31.9 Å². The second kappa shape index (κ2) is 10.6. The molecule has 1 amide bonds. The fourth-order valence-corrected chi connectivity index (χ4v) is 3.16. The molecule has 0 aliphatic rings. The molecular weight excluding hydrogens is 390 g/mol. The molecular formula is C24H29N5O2. The molecule has 0 radical (unpaired) electrons. The Labute approximate surface area is 182 Å². The highest BCUT2D eigenvalue weighted by Crippen LogP contribution is 2.19. The van der Waals surface area contributed by atoms with E-state index in [1.54, 1.807) is 24.3 Å². The normalized spacial score (nSPS) is 11.0. The molecule has 7 nitrogen and oxygen atoms in total. The van der Waals surface area contributed by atoms with Gasteiger partial charge < -0.3 is 5.32 Å². The number of carbonyl (C=O) groups excluding carboxylic acids is 2. The van der Waals surface area contributed by atoms with Crippen LogP contribution in [0.2, 0.25) is 0 Å². The van der Waals surface area contributed by atoms with Crippen LogP contribution in [0.3, 0.4) is 0 Å². The van der Waals surface area contributed by atoms with E-state index < -0.39 is 0 Å². The minimum Gasteiger partial charge on any atom is -0.326 e. The average molecular weight is 420 g/mol. The fraction of sp³-hybridized carbons (Fsp3) is 0.375. The van der Waals surface area contributed by atoms with Gasteiger partial charge in [0.25, 0.3) is 0 Å². The number of ketones is 1. The van der Waals surface area contributed by atoms with Gasteiger partial charge in [0.15, 0.2) is 5.78 Å². The number of nitrogens with one attached hydrogen (secondary N) is 1. The standard InChI is InChI=1S/C24H29N5O2/c1-4-5-6-7-23(31)25-21-14-12-19(13-15-21)22(30)16-29-27-24(26-28-29)20-10-8-18(9-11-20)17(2)3/h8-15,17H,4-7,16H2,1-3H3,(H,25,31). The zero-order chi connectivity index (χ0) is 22.2. The first kappa shape index (κ1) is 22.3. The van der Waals surface area contributed by atoms with Crippen molar-refractivity contribution in [3.05, 3.63) is 59.7 Å². The summed E-state index contributed by atoms with van der Waals surface area (Å²) in [6, 6.07) is 14.9. The van der Waals surface area contributed by atoms with Crippen molar-refractivity contribution in [2.24, 2.45) is 0 Å². The molecule has 31 heavy (non-hydrogen) atoms. The van der Waals surface area contributed by atoms with Crippen LogP contribution in [0.25, 0.3) is 11.4 Å². The highest BCUT2D eigenvalue weighted by atomic mass is 16.1. The number of amides is 1. The van der Waals surface area contributed by atoms with Crippen LogP contribution in [-0.2, 0) is 11.3 Å². The molecule has 0 bridgehead atoms. The minimum atomic E-state index is -0.125. The van der Waals surface area contributed by atoms with E-state index in [1.807, 2.05) is 12.1 Å². The van der Waals surface area contributed by atoms with Crippen molar-refractivity contribution in [3.63, 3.8) is 0 Å². The number of benzene rings is 2. The summed E-state index contributed by atoms with van der Waals surface area (Å²) in [5.74, 6) is 0.813. The average Bonchev–Trinajstić information content (AvgIpc) is 3.23. The van der Waals surface area contributed by atoms with E-state index in [9.17, 15) is 9.59 Å². The van der Waals surface area contributed by atoms with Gasteiger partial charge in [-0.1, -0.05) is 57.9 Å². The Balaban J connectivity index is 1.57. The second-order valence-electron chi connectivity index (χ2n) is 7.93. The van der Waals surface area contributed by atoms with Crippen molar-refractivity contribution in [3.8, 4) is 11.4 Å². The Morgan fingerprint density at radius 1 is 1.00 bits per heavy atom. The predicted octanol–water partition coefficient (Wildman–Crippen LogP) is 4.87. The first-order valence-electron chi connectivity index (χ1n) is 10.8. The van der Waals surface area contributed by atoms with Gasteiger partial charge in [-0.2, -0.15) is 4.80 Å². The Hall–Kier alpha value is -3.35. The number of hydrogen-bond donors (Lipinski definition) is 1. The molecule has 2 aromatic carbocycles. The number of tetrazole rings is 1. The molecule has 3 aromatic rings. The molecule has 0 spiro atoms. The maximum atomic E-state index is 12.6. The molecule has 1 N–H and O–H groups in total. The van der Waals surface area contributed by atoms with Crippen LogP contribution in [0.15, 0.2) is 48.5 Å². The quantitative estimate of drug-likeness (QED) is 0.374. The van der Waals surface area contributed by atoms with E-state index in [0.717, 1.165) is 24.8 Å². The third-order valence-corrected chi connectivity index (χ3v) is 5.07. The largest absolute Gasteiger partial charge is 0.326 e. The lowest BCUT2D eigenvalue weighted by Crippen LogP contribution is -2.14. The number of anilines is 1. The van der Waals surface area contributed by atoms with Crippen molar-refractivity contribution >= 4 is 17.4 Å². The summed E-state index contributed by atoms with van der Waals surface area (Å²) in [5, 5.41) is 15.3. The maximum Gasteiger partial charge on any atom is 0.224 e. The molecule has 0 unspecified atom stereocenters. The van der Waals surface area contributed by atoms with Crippen molar-refractivity contribution in [2.45, 2.75) is 58.9 Å². The van der Waals surface area contributed by atoms with Crippen LogP contribution in [0.1, 0.15) is 68.3 Å². The zero-order valence-electron chi connectivity index (χ0n) is 18.3. The lowest BCUT2D eigenvalue weighted by Gasteiger charge is -2.06. The fourth-order valence-electron chi connectivity index (χ4n) is 3.16. The summed E-state index contributed by atoms with van der Waals surface area (Å²) < 4.78 is 0. The van der Waals surface area contributed by atoms with Crippen molar-refractivity contribution in [1.29, 1.82) is 0 Å². The summed E-state index contributed by atoms with van der Waals surface area (Å²) in [6.45, 7) is 6.39. The molecule has 0 saturated carbocycles.